The first-order chi connectivity index (χ1) is 8.89. The molecule has 0 bridgehead atoms. The monoisotopic (exact) mass is 259 g/mol. The van der Waals surface area contributed by atoms with Crippen molar-refractivity contribution in [2.75, 3.05) is 13.1 Å². The van der Waals surface area contributed by atoms with E-state index in [0.717, 1.165) is 5.56 Å². The number of amides is 1. The molecule has 0 fully saturated rings. The summed E-state index contributed by atoms with van der Waals surface area (Å²) in [6.45, 7) is 3.12. The summed E-state index contributed by atoms with van der Waals surface area (Å²) >= 11 is 0. The van der Waals surface area contributed by atoms with Gasteiger partial charge in [0.05, 0.1) is 12.0 Å². The molecule has 0 heterocycles. The lowest BCUT2D eigenvalue weighted by molar-refractivity contribution is -0.146. The third-order valence-electron chi connectivity index (χ3n) is 2.93. The first-order valence-corrected chi connectivity index (χ1v) is 5.89. The second kappa shape index (κ2) is 6.05. The molecule has 1 aromatic carbocycles. The van der Waals surface area contributed by atoms with Crippen LogP contribution >= 0.6 is 0 Å². The average molecular weight is 259 g/mol. The third-order valence-corrected chi connectivity index (χ3v) is 2.93. The smallest absolute Gasteiger partial charge is 0.323 e. The summed E-state index contributed by atoms with van der Waals surface area (Å²) in [5.74, 6) is 0.950. The summed E-state index contributed by atoms with van der Waals surface area (Å²) in [6, 6.07) is 9.22. The van der Waals surface area contributed by atoms with E-state index in [1.165, 1.54) is 4.90 Å². The van der Waals surface area contributed by atoms with Gasteiger partial charge in [-0.2, -0.15) is 0 Å². The van der Waals surface area contributed by atoms with Crippen molar-refractivity contribution in [3.05, 3.63) is 35.9 Å². The Kier molecular flexibility index (Phi) is 4.71. The maximum atomic E-state index is 12.5. The summed E-state index contributed by atoms with van der Waals surface area (Å²) in [7, 11) is 0. The fourth-order valence-electron chi connectivity index (χ4n) is 1.85. The van der Waals surface area contributed by atoms with E-state index in [1.807, 2.05) is 30.3 Å². The molecule has 0 aliphatic heterocycles. The fraction of sp³-hybridized carbons (Fsp3) is 0.333. The Morgan fingerprint density at radius 2 is 1.89 bits per heavy atom. The number of aliphatic carboxylic acids is 1. The van der Waals surface area contributed by atoms with Crippen LogP contribution in [0, 0.1) is 12.3 Å². The van der Waals surface area contributed by atoms with E-state index in [9.17, 15) is 9.59 Å². The number of hydrogen-bond acceptors (Lipinski definition) is 2. The Bertz CT molecular complexity index is 500. The van der Waals surface area contributed by atoms with E-state index in [2.05, 4.69) is 5.92 Å². The Morgan fingerprint density at radius 1 is 1.32 bits per heavy atom. The number of rotatable bonds is 5. The molecular formula is C15H17NO3. The molecule has 0 aliphatic carbocycles. The van der Waals surface area contributed by atoms with E-state index >= 15 is 0 Å². The minimum Gasteiger partial charge on any atom is -0.480 e. The van der Waals surface area contributed by atoms with E-state index in [-0.39, 0.29) is 19.0 Å². The molecule has 4 nitrogen and oxygen atoms in total. The minimum atomic E-state index is -1.08. The molecule has 1 N–H and O–H groups in total. The maximum absolute atomic E-state index is 12.5. The van der Waals surface area contributed by atoms with Gasteiger partial charge in [0, 0.05) is 0 Å². The lowest BCUT2D eigenvalue weighted by Gasteiger charge is -2.30. The zero-order valence-electron chi connectivity index (χ0n) is 11.1. The van der Waals surface area contributed by atoms with E-state index < -0.39 is 11.4 Å². The van der Waals surface area contributed by atoms with Gasteiger partial charge in [0.15, 0.2) is 0 Å². The standard InChI is InChI=1S/C15H17NO3/c1-4-10-16(11-13(17)18)14(19)15(2,3)12-8-6-5-7-9-12/h1,5-9H,10-11H2,2-3H3,(H,17,18). The number of terminal acetylenes is 1. The molecule has 1 amide bonds. The SMILES string of the molecule is C#CCN(CC(=O)O)C(=O)C(C)(C)c1ccccc1. The highest BCUT2D eigenvalue weighted by Crippen LogP contribution is 2.25. The van der Waals surface area contributed by atoms with Crippen LogP contribution in [0.15, 0.2) is 30.3 Å². The molecule has 0 aliphatic rings. The van der Waals surface area contributed by atoms with Crippen LogP contribution in [0.1, 0.15) is 19.4 Å². The van der Waals surface area contributed by atoms with Crippen LogP contribution in [-0.4, -0.2) is 35.0 Å². The van der Waals surface area contributed by atoms with Crippen molar-refractivity contribution in [1.82, 2.24) is 4.90 Å². The molecule has 4 heteroatoms. The first kappa shape index (κ1) is 14.8. The summed E-state index contributed by atoms with van der Waals surface area (Å²) in [6.07, 6.45) is 5.19. The molecule has 0 saturated carbocycles. The second-order valence-corrected chi connectivity index (χ2v) is 4.75. The Labute approximate surface area is 113 Å². The molecule has 0 aromatic heterocycles. The van der Waals surface area contributed by atoms with Crippen molar-refractivity contribution in [1.29, 1.82) is 0 Å². The summed E-state index contributed by atoms with van der Waals surface area (Å²) in [4.78, 5) is 24.4. The molecule has 100 valence electrons. The zero-order chi connectivity index (χ0) is 14.5. The van der Waals surface area contributed by atoms with Crippen LogP contribution in [-0.2, 0) is 15.0 Å². The molecule has 0 saturated heterocycles. The Morgan fingerprint density at radius 3 is 2.37 bits per heavy atom. The first-order valence-electron chi connectivity index (χ1n) is 5.89. The van der Waals surface area contributed by atoms with Gasteiger partial charge in [-0.3, -0.25) is 9.59 Å². The van der Waals surface area contributed by atoms with Crippen LogP contribution in [0.4, 0.5) is 0 Å². The van der Waals surface area contributed by atoms with Crippen LogP contribution < -0.4 is 0 Å². The third kappa shape index (κ3) is 3.59. The zero-order valence-corrected chi connectivity index (χ0v) is 11.1. The minimum absolute atomic E-state index is 0.0125. The van der Waals surface area contributed by atoms with Gasteiger partial charge in [0.2, 0.25) is 5.91 Å². The van der Waals surface area contributed by atoms with Gasteiger partial charge in [-0.25, -0.2) is 0 Å². The topological polar surface area (TPSA) is 57.6 Å². The lowest BCUT2D eigenvalue weighted by atomic mass is 9.83. The average Bonchev–Trinajstić information content (AvgIpc) is 2.38. The van der Waals surface area contributed by atoms with Crippen LogP contribution in [0.3, 0.4) is 0 Å². The van der Waals surface area contributed by atoms with Gasteiger partial charge in [0.25, 0.3) is 0 Å². The largest absolute Gasteiger partial charge is 0.480 e. The molecule has 19 heavy (non-hydrogen) atoms. The van der Waals surface area contributed by atoms with Gasteiger partial charge < -0.3 is 10.0 Å². The molecule has 0 unspecified atom stereocenters. The second-order valence-electron chi connectivity index (χ2n) is 4.75. The van der Waals surface area contributed by atoms with Crippen molar-refractivity contribution < 1.29 is 14.7 Å². The fourth-order valence-corrected chi connectivity index (χ4v) is 1.85. The number of hydrogen-bond donors (Lipinski definition) is 1. The molecule has 1 rings (SSSR count). The van der Waals surface area contributed by atoms with Crippen molar-refractivity contribution in [3.63, 3.8) is 0 Å². The number of carboxylic acids is 1. The Hall–Kier alpha value is -2.28. The number of benzene rings is 1. The van der Waals surface area contributed by atoms with Crippen molar-refractivity contribution in [2.24, 2.45) is 0 Å². The predicted octanol–water partition coefficient (Wildman–Crippen LogP) is 1.51. The van der Waals surface area contributed by atoms with Gasteiger partial charge in [0.1, 0.15) is 6.54 Å². The summed E-state index contributed by atoms with van der Waals surface area (Å²) in [5.41, 5.74) is 0.0144. The number of carbonyl (C=O) groups excluding carboxylic acids is 1. The molecule has 0 radical (unpaired) electrons. The van der Waals surface area contributed by atoms with Gasteiger partial charge in [-0.15, -0.1) is 6.42 Å². The van der Waals surface area contributed by atoms with Crippen LogP contribution in [0.25, 0.3) is 0 Å². The summed E-state index contributed by atoms with van der Waals surface area (Å²) < 4.78 is 0. The highest BCUT2D eigenvalue weighted by Gasteiger charge is 2.34. The maximum Gasteiger partial charge on any atom is 0.323 e. The van der Waals surface area contributed by atoms with Gasteiger partial charge in [-0.1, -0.05) is 36.3 Å². The quantitative estimate of drug-likeness (QED) is 0.815. The normalized spacial score (nSPS) is 10.6. The number of carbonyl (C=O) groups is 2. The molecule has 1 aromatic rings. The van der Waals surface area contributed by atoms with Crippen molar-refractivity contribution in [2.45, 2.75) is 19.3 Å². The Balaban J connectivity index is 3.01. The van der Waals surface area contributed by atoms with Crippen molar-refractivity contribution in [3.8, 4) is 12.3 Å². The predicted molar refractivity (Wildman–Crippen MR) is 72.5 cm³/mol. The number of nitrogens with zero attached hydrogens (tertiary/aromatic N) is 1. The van der Waals surface area contributed by atoms with E-state index in [1.54, 1.807) is 13.8 Å². The van der Waals surface area contributed by atoms with Gasteiger partial charge >= 0.3 is 5.97 Å². The number of carboxylic acid groups (broad SMARTS) is 1. The molecular weight excluding hydrogens is 242 g/mol. The molecule has 0 atom stereocenters. The molecule has 0 spiro atoms. The van der Waals surface area contributed by atoms with Gasteiger partial charge in [-0.05, 0) is 19.4 Å². The highest BCUT2D eigenvalue weighted by molar-refractivity contribution is 5.90. The van der Waals surface area contributed by atoms with E-state index in [0.29, 0.717) is 0 Å². The van der Waals surface area contributed by atoms with E-state index in [4.69, 9.17) is 11.5 Å². The summed E-state index contributed by atoms with van der Waals surface area (Å²) in [5, 5.41) is 8.83. The van der Waals surface area contributed by atoms with Crippen molar-refractivity contribution >= 4 is 11.9 Å². The highest BCUT2D eigenvalue weighted by atomic mass is 16.4. The van der Waals surface area contributed by atoms with Crippen LogP contribution in [0.5, 0.6) is 0 Å². The van der Waals surface area contributed by atoms with Crippen LogP contribution in [0.2, 0.25) is 0 Å². The lowest BCUT2D eigenvalue weighted by Crippen LogP contribution is -2.45.